The van der Waals surface area contributed by atoms with E-state index in [2.05, 4.69) is 19.2 Å². The number of methoxy groups -OCH3 is 1. The average molecular weight is 352 g/mol. The molecule has 1 amide bonds. The summed E-state index contributed by atoms with van der Waals surface area (Å²) in [5.41, 5.74) is 4.57. The molecule has 8 heteroatoms. The second kappa shape index (κ2) is 8.33. The van der Waals surface area contributed by atoms with Crippen molar-refractivity contribution in [2.45, 2.75) is 52.2 Å². The summed E-state index contributed by atoms with van der Waals surface area (Å²) in [4.78, 5) is 36.9. The van der Waals surface area contributed by atoms with E-state index in [1.165, 1.54) is 11.7 Å². The second-order valence-electron chi connectivity index (χ2n) is 6.86. The van der Waals surface area contributed by atoms with Crippen LogP contribution in [-0.4, -0.2) is 34.8 Å². The van der Waals surface area contributed by atoms with Gasteiger partial charge in [-0.3, -0.25) is 18.7 Å². The van der Waals surface area contributed by atoms with E-state index in [-0.39, 0.29) is 37.5 Å². The summed E-state index contributed by atoms with van der Waals surface area (Å²) < 4.78 is 7.10. The smallest absolute Gasteiger partial charge is 0.333 e. The minimum atomic E-state index is -0.595. The molecule has 25 heavy (non-hydrogen) atoms. The van der Waals surface area contributed by atoms with Crippen molar-refractivity contribution in [2.24, 2.45) is 11.8 Å². The van der Waals surface area contributed by atoms with E-state index in [0.717, 1.165) is 29.9 Å². The summed E-state index contributed by atoms with van der Waals surface area (Å²) in [5.74, 6) is 0.662. The summed E-state index contributed by atoms with van der Waals surface area (Å²) in [6, 6.07) is 1.24. The van der Waals surface area contributed by atoms with Gasteiger partial charge in [0, 0.05) is 19.2 Å². The molecule has 0 aromatic carbocycles. The molecule has 1 aliphatic carbocycles. The molecule has 0 saturated heterocycles. The van der Waals surface area contributed by atoms with Crippen LogP contribution in [0, 0.1) is 11.8 Å². The topological polar surface area (TPSA) is 108 Å². The first kappa shape index (κ1) is 19.2. The van der Waals surface area contributed by atoms with E-state index < -0.39 is 11.2 Å². The predicted octanol–water partition coefficient (Wildman–Crippen LogP) is 0.180. The number of hydrogen-bond acceptors (Lipinski definition) is 5. The molecular weight excluding hydrogens is 324 g/mol. The molecule has 3 N–H and O–H groups in total. The molecule has 0 unspecified atom stereocenters. The number of nitrogen functional groups attached to an aromatic ring is 1. The Kier molecular flexibility index (Phi) is 6.41. The molecule has 3 atom stereocenters. The quantitative estimate of drug-likeness (QED) is 0.759. The number of amides is 1. The lowest BCUT2D eigenvalue weighted by Crippen LogP contribution is -2.48. The lowest BCUT2D eigenvalue weighted by atomic mass is 9.78. The van der Waals surface area contributed by atoms with Crippen LogP contribution >= 0.6 is 0 Å². The highest BCUT2D eigenvalue weighted by Crippen LogP contribution is 2.29. The van der Waals surface area contributed by atoms with Crippen molar-refractivity contribution in [3.8, 4) is 0 Å². The number of nitrogens with two attached hydrogens (primary N) is 1. The van der Waals surface area contributed by atoms with E-state index in [4.69, 9.17) is 10.5 Å². The number of carbonyl (C=O) groups is 1. The van der Waals surface area contributed by atoms with Gasteiger partial charge >= 0.3 is 5.69 Å². The Morgan fingerprint density at radius 1 is 1.32 bits per heavy atom. The van der Waals surface area contributed by atoms with Crippen LogP contribution in [0.15, 0.2) is 15.7 Å². The second-order valence-corrected chi connectivity index (χ2v) is 6.86. The first-order valence-electron chi connectivity index (χ1n) is 8.73. The summed E-state index contributed by atoms with van der Waals surface area (Å²) >= 11 is 0. The number of nitrogens with zero attached hydrogens (tertiary/aromatic N) is 2. The summed E-state index contributed by atoms with van der Waals surface area (Å²) in [5, 5.41) is 2.98. The van der Waals surface area contributed by atoms with E-state index in [1.807, 2.05) is 0 Å². The van der Waals surface area contributed by atoms with Gasteiger partial charge in [0.2, 0.25) is 5.91 Å². The average Bonchev–Trinajstić information content (AvgIpc) is 2.55. The zero-order valence-corrected chi connectivity index (χ0v) is 15.2. The predicted molar refractivity (Wildman–Crippen MR) is 95.4 cm³/mol. The molecular formula is C17H28N4O4. The van der Waals surface area contributed by atoms with Crippen molar-refractivity contribution in [2.75, 3.05) is 19.5 Å². The molecule has 0 spiro atoms. The molecule has 1 aromatic heterocycles. The van der Waals surface area contributed by atoms with Gasteiger partial charge in [-0.25, -0.2) is 4.79 Å². The SMILES string of the molecule is COCCn1c(N)cc(=O)n(CC(=O)N[C@@H]2CCC[C@H](C)[C@H]2C)c1=O. The number of carbonyl (C=O) groups excluding carboxylic acids is 1. The largest absolute Gasteiger partial charge is 0.385 e. The van der Waals surface area contributed by atoms with E-state index in [9.17, 15) is 14.4 Å². The first-order chi connectivity index (χ1) is 11.8. The van der Waals surface area contributed by atoms with Crippen molar-refractivity contribution < 1.29 is 9.53 Å². The number of anilines is 1. The third kappa shape index (κ3) is 4.50. The zero-order valence-electron chi connectivity index (χ0n) is 15.2. The van der Waals surface area contributed by atoms with Gasteiger partial charge in [-0.15, -0.1) is 0 Å². The van der Waals surface area contributed by atoms with Crippen LogP contribution in [0.5, 0.6) is 0 Å². The molecule has 1 fully saturated rings. The van der Waals surface area contributed by atoms with Crippen molar-refractivity contribution in [3.63, 3.8) is 0 Å². The van der Waals surface area contributed by atoms with Crippen LogP contribution in [0.2, 0.25) is 0 Å². The van der Waals surface area contributed by atoms with Gasteiger partial charge in [0.1, 0.15) is 12.4 Å². The van der Waals surface area contributed by atoms with Gasteiger partial charge in [-0.2, -0.15) is 0 Å². The van der Waals surface area contributed by atoms with Crippen molar-refractivity contribution in [1.82, 2.24) is 14.5 Å². The highest BCUT2D eigenvalue weighted by Gasteiger charge is 2.28. The fourth-order valence-corrected chi connectivity index (χ4v) is 3.37. The Hall–Kier alpha value is -2.09. The standard InChI is InChI=1S/C17H28N4O4/c1-11-5-4-6-13(12(11)2)19-15(22)10-21-16(23)9-14(18)20(17(21)24)7-8-25-3/h9,11-13H,4-8,10,18H2,1-3H3,(H,19,22)/t11-,12+,13+/m0/s1. The third-order valence-corrected chi connectivity index (χ3v) is 5.18. The van der Waals surface area contributed by atoms with E-state index in [1.54, 1.807) is 0 Å². The Bertz CT molecular complexity index is 724. The normalized spacial score (nSPS) is 23.4. The van der Waals surface area contributed by atoms with Gasteiger partial charge in [-0.05, 0) is 18.3 Å². The lowest BCUT2D eigenvalue weighted by Gasteiger charge is -2.34. The fraction of sp³-hybridized carbons (Fsp3) is 0.706. The first-order valence-corrected chi connectivity index (χ1v) is 8.73. The number of rotatable bonds is 6. The summed E-state index contributed by atoms with van der Waals surface area (Å²) in [7, 11) is 1.51. The molecule has 0 bridgehead atoms. The highest BCUT2D eigenvalue weighted by molar-refractivity contribution is 5.76. The molecule has 0 aliphatic heterocycles. The monoisotopic (exact) mass is 352 g/mol. The van der Waals surface area contributed by atoms with Gasteiger partial charge in [-0.1, -0.05) is 26.7 Å². The Morgan fingerprint density at radius 2 is 2.04 bits per heavy atom. The van der Waals surface area contributed by atoms with Gasteiger partial charge < -0.3 is 15.8 Å². The Labute approximate surface area is 147 Å². The molecule has 2 rings (SSSR count). The van der Waals surface area contributed by atoms with Crippen molar-refractivity contribution in [3.05, 3.63) is 26.9 Å². The minimum Gasteiger partial charge on any atom is -0.385 e. The number of aromatic nitrogens is 2. The molecule has 1 aliphatic rings. The maximum Gasteiger partial charge on any atom is 0.333 e. The Morgan fingerprint density at radius 3 is 2.72 bits per heavy atom. The van der Waals surface area contributed by atoms with Gasteiger partial charge in [0.15, 0.2) is 0 Å². The number of nitrogens with one attached hydrogen (secondary N) is 1. The van der Waals surface area contributed by atoms with E-state index in [0.29, 0.717) is 11.8 Å². The van der Waals surface area contributed by atoms with Crippen molar-refractivity contribution >= 4 is 11.7 Å². The van der Waals surface area contributed by atoms with Crippen LogP contribution < -0.4 is 22.3 Å². The van der Waals surface area contributed by atoms with Gasteiger partial charge in [0.05, 0.1) is 13.2 Å². The van der Waals surface area contributed by atoms with Gasteiger partial charge in [0.25, 0.3) is 5.56 Å². The summed E-state index contributed by atoms with van der Waals surface area (Å²) in [6.07, 6.45) is 3.16. The highest BCUT2D eigenvalue weighted by atomic mass is 16.5. The molecule has 140 valence electrons. The number of ether oxygens (including phenoxy) is 1. The molecule has 0 radical (unpaired) electrons. The maximum absolute atomic E-state index is 12.5. The van der Waals surface area contributed by atoms with Crippen LogP contribution in [0.3, 0.4) is 0 Å². The summed E-state index contributed by atoms with van der Waals surface area (Å²) in [6.45, 7) is 4.51. The molecule has 1 saturated carbocycles. The fourth-order valence-electron chi connectivity index (χ4n) is 3.37. The molecule has 8 nitrogen and oxygen atoms in total. The molecule has 1 heterocycles. The van der Waals surface area contributed by atoms with Crippen molar-refractivity contribution in [1.29, 1.82) is 0 Å². The molecule has 1 aromatic rings. The zero-order chi connectivity index (χ0) is 18.6. The Balaban J connectivity index is 2.15. The maximum atomic E-state index is 12.5. The lowest BCUT2D eigenvalue weighted by molar-refractivity contribution is -0.123. The van der Waals surface area contributed by atoms with Crippen LogP contribution in [0.1, 0.15) is 33.1 Å². The third-order valence-electron chi connectivity index (χ3n) is 5.18. The minimum absolute atomic E-state index is 0.0680. The number of hydrogen-bond donors (Lipinski definition) is 2. The van der Waals surface area contributed by atoms with Crippen LogP contribution in [-0.2, 0) is 22.6 Å². The van der Waals surface area contributed by atoms with E-state index >= 15 is 0 Å². The van der Waals surface area contributed by atoms with Crippen LogP contribution in [0.25, 0.3) is 0 Å². The van der Waals surface area contributed by atoms with Crippen LogP contribution in [0.4, 0.5) is 5.82 Å².